The third kappa shape index (κ3) is 6.84. The zero-order valence-electron chi connectivity index (χ0n) is 20.2. The molecule has 0 aliphatic heterocycles. The first-order valence-corrected chi connectivity index (χ1v) is 13.3. The van der Waals surface area contributed by atoms with Crippen molar-refractivity contribution in [3.05, 3.63) is 112 Å². The second-order valence-electron chi connectivity index (χ2n) is 7.92. The zero-order valence-corrected chi connectivity index (χ0v) is 23.2. The van der Waals surface area contributed by atoms with Crippen LogP contribution in [0.25, 0.3) is 0 Å². The largest absolute Gasteiger partial charge is 0.496 e. The number of hydrogen-bond acceptors (Lipinski definition) is 5. The monoisotopic (exact) mass is 624 g/mol. The lowest BCUT2D eigenvalue weighted by atomic mass is 10.1. The minimum atomic E-state index is -0.459. The summed E-state index contributed by atoms with van der Waals surface area (Å²) in [5.41, 5.74) is 2.58. The maximum atomic E-state index is 13.3. The van der Waals surface area contributed by atoms with Gasteiger partial charge in [0.25, 0.3) is 5.91 Å². The molecule has 37 heavy (non-hydrogen) atoms. The molecule has 2 N–H and O–H groups in total. The molecular formula is C29H25IN2O4S. The van der Waals surface area contributed by atoms with Crippen molar-refractivity contribution in [2.24, 2.45) is 0 Å². The summed E-state index contributed by atoms with van der Waals surface area (Å²) in [6.07, 6.45) is 0. The maximum Gasteiger partial charge on any atom is 0.263 e. The third-order valence-corrected chi connectivity index (χ3v) is 7.46. The number of carbonyl (C=O) groups is 2. The summed E-state index contributed by atoms with van der Waals surface area (Å²) in [6.45, 7) is 0. The normalized spacial score (nSPS) is 11.3. The van der Waals surface area contributed by atoms with Gasteiger partial charge in [0, 0.05) is 19.8 Å². The van der Waals surface area contributed by atoms with E-state index in [9.17, 15) is 9.59 Å². The maximum absolute atomic E-state index is 13.3. The van der Waals surface area contributed by atoms with Gasteiger partial charge in [0.2, 0.25) is 5.91 Å². The van der Waals surface area contributed by atoms with Crippen molar-refractivity contribution in [3.63, 3.8) is 0 Å². The molecule has 6 nitrogen and oxygen atoms in total. The Morgan fingerprint density at radius 1 is 0.730 bits per heavy atom. The number of anilines is 2. The van der Waals surface area contributed by atoms with Gasteiger partial charge in [-0.15, -0.1) is 11.8 Å². The minimum absolute atomic E-state index is 0.113. The number of hydrogen-bond donors (Lipinski definition) is 2. The number of amides is 2. The molecule has 1 atom stereocenters. The average Bonchev–Trinajstić information content (AvgIpc) is 2.93. The van der Waals surface area contributed by atoms with Gasteiger partial charge in [-0.3, -0.25) is 9.59 Å². The zero-order chi connectivity index (χ0) is 26.2. The van der Waals surface area contributed by atoms with Gasteiger partial charge in [-0.05, 0) is 88.8 Å². The van der Waals surface area contributed by atoms with Crippen LogP contribution in [0.4, 0.5) is 11.4 Å². The van der Waals surface area contributed by atoms with Crippen LogP contribution in [0.5, 0.6) is 11.5 Å². The molecule has 0 fully saturated rings. The number of ether oxygens (including phenoxy) is 2. The molecule has 0 aliphatic rings. The molecule has 0 spiro atoms. The molecule has 2 amide bonds. The van der Waals surface area contributed by atoms with Crippen LogP contribution in [0.2, 0.25) is 0 Å². The predicted octanol–water partition coefficient (Wildman–Crippen LogP) is 7.03. The second-order valence-corrected chi connectivity index (χ2v) is 10.3. The lowest BCUT2D eigenvalue weighted by molar-refractivity contribution is -0.115. The highest BCUT2D eigenvalue weighted by Gasteiger charge is 2.23. The topological polar surface area (TPSA) is 76.7 Å². The van der Waals surface area contributed by atoms with Crippen LogP contribution in [0.15, 0.2) is 102 Å². The van der Waals surface area contributed by atoms with E-state index < -0.39 is 5.25 Å². The van der Waals surface area contributed by atoms with Crippen molar-refractivity contribution in [1.29, 1.82) is 0 Å². The van der Waals surface area contributed by atoms with Crippen LogP contribution in [0, 0.1) is 3.57 Å². The molecule has 0 aromatic heterocycles. The Labute approximate surface area is 233 Å². The summed E-state index contributed by atoms with van der Waals surface area (Å²) in [4.78, 5) is 27.1. The summed E-state index contributed by atoms with van der Waals surface area (Å²) in [6, 6.07) is 29.9. The van der Waals surface area contributed by atoms with E-state index in [1.807, 2.05) is 66.7 Å². The Hall–Kier alpha value is -3.50. The highest BCUT2D eigenvalue weighted by atomic mass is 127. The minimum Gasteiger partial charge on any atom is -0.496 e. The van der Waals surface area contributed by atoms with E-state index in [4.69, 9.17) is 9.47 Å². The molecule has 0 bridgehead atoms. The van der Waals surface area contributed by atoms with Crippen LogP contribution in [0.1, 0.15) is 21.2 Å². The standard InChI is InChI=1S/C29H25IN2O4S/c1-35-24-9-6-10-25(36-2)26(24)28(33)31-22-15-17-23(18-16-22)37-27(19-7-4-3-5-8-19)29(34)32-21-13-11-20(30)12-14-21/h3-18,27H,1-2H3,(H,31,33)(H,32,34). The molecule has 4 rings (SSSR count). The summed E-state index contributed by atoms with van der Waals surface area (Å²) in [5, 5.41) is 5.45. The fourth-order valence-electron chi connectivity index (χ4n) is 3.66. The molecule has 0 radical (unpaired) electrons. The molecular weight excluding hydrogens is 599 g/mol. The molecule has 0 saturated heterocycles. The highest BCUT2D eigenvalue weighted by molar-refractivity contribution is 14.1. The summed E-state index contributed by atoms with van der Waals surface area (Å²) in [5.74, 6) is 0.398. The number of carbonyl (C=O) groups excluding carboxylic acids is 2. The highest BCUT2D eigenvalue weighted by Crippen LogP contribution is 2.37. The summed E-state index contributed by atoms with van der Waals surface area (Å²) >= 11 is 3.67. The van der Waals surface area contributed by atoms with E-state index in [1.165, 1.54) is 26.0 Å². The molecule has 4 aromatic carbocycles. The first-order chi connectivity index (χ1) is 18.0. The van der Waals surface area contributed by atoms with Crippen LogP contribution >= 0.6 is 34.4 Å². The van der Waals surface area contributed by atoms with E-state index >= 15 is 0 Å². The third-order valence-electron chi connectivity index (χ3n) is 5.47. The molecule has 0 aliphatic carbocycles. The Morgan fingerprint density at radius 3 is 1.89 bits per heavy atom. The SMILES string of the molecule is COc1cccc(OC)c1C(=O)Nc1ccc(SC(C(=O)Nc2ccc(I)cc2)c2ccccc2)cc1. The van der Waals surface area contributed by atoms with E-state index in [1.54, 1.807) is 30.3 Å². The van der Waals surface area contributed by atoms with Crippen LogP contribution < -0.4 is 20.1 Å². The van der Waals surface area contributed by atoms with E-state index in [0.717, 1.165) is 19.7 Å². The molecule has 0 saturated carbocycles. The van der Waals surface area contributed by atoms with Gasteiger partial charge >= 0.3 is 0 Å². The van der Waals surface area contributed by atoms with Gasteiger partial charge < -0.3 is 20.1 Å². The van der Waals surface area contributed by atoms with Gasteiger partial charge in [0.1, 0.15) is 22.3 Å². The number of thioether (sulfide) groups is 1. The smallest absolute Gasteiger partial charge is 0.263 e. The van der Waals surface area contributed by atoms with Crippen molar-refractivity contribution < 1.29 is 19.1 Å². The van der Waals surface area contributed by atoms with Crippen LogP contribution in [-0.2, 0) is 4.79 Å². The number of halogens is 1. The quantitative estimate of drug-likeness (QED) is 0.155. The van der Waals surface area contributed by atoms with Crippen molar-refractivity contribution in [3.8, 4) is 11.5 Å². The van der Waals surface area contributed by atoms with E-state index in [2.05, 4.69) is 33.2 Å². The first-order valence-electron chi connectivity index (χ1n) is 11.4. The van der Waals surface area contributed by atoms with Crippen molar-refractivity contribution in [1.82, 2.24) is 0 Å². The van der Waals surface area contributed by atoms with Gasteiger partial charge in [-0.2, -0.15) is 0 Å². The molecule has 4 aromatic rings. The van der Waals surface area contributed by atoms with Gasteiger partial charge in [0.05, 0.1) is 14.2 Å². The Morgan fingerprint density at radius 2 is 1.30 bits per heavy atom. The Bertz CT molecular complexity index is 1340. The van der Waals surface area contributed by atoms with Crippen LogP contribution in [-0.4, -0.2) is 26.0 Å². The van der Waals surface area contributed by atoms with Crippen LogP contribution in [0.3, 0.4) is 0 Å². The Kier molecular flexibility index (Phi) is 9.08. The van der Waals surface area contributed by atoms with Gasteiger partial charge in [-0.1, -0.05) is 36.4 Å². The molecule has 188 valence electrons. The average molecular weight is 625 g/mol. The second kappa shape index (κ2) is 12.6. The summed E-state index contributed by atoms with van der Waals surface area (Å²) in [7, 11) is 3.02. The lowest BCUT2D eigenvalue weighted by Crippen LogP contribution is -2.19. The number of rotatable bonds is 9. The molecule has 0 heterocycles. The fraction of sp³-hybridized carbons (Fsp3) is 0.103. The fourth-order valence-corrected chi connectivity index (χ4v) is 5.05. The number of methoxy groups -OCH3 is 2. The lowest BCUT2D eigenvalue weighted by Gasteiger charge is -2.18. The number of benzene rings is 4. The molecule has 8 heteroatoms. The van der Waals surface area contributed by atoms with Crippen molar-refractivity contribution in [2.75, 3.05) is 24.9 Å². The van der Waals surface area contributed by atoms with Crippen molar-refractivity contribution >= 4 is 57.5 Å². The number of nitrogens with one attached hydrogen (secondary N) is 2. The summed E-state index contributed by atoms with van der Waals surface area (Å²) < 4.78 is 11.8. The van der Waals surface area contributed by atoms with E-state index in [0.29, 0.717) is 22.7 Å². The van der Waals surface area contributed by atoms with E-state index in [-0.39, 0.29) is 11.8 Å². The first kappa shape index (κ1) is 26.6. The predicted molar refractivity (Wildman–Crippen MR) is 157 cm³/mol. The molecule has 1 unspecified atom stereocenters. The van der Waals surface area contributed by atoms with Crippen molar-refractivity contribution in [2.45, 2.75) is 10.1 Å². The Balaban J connectivity index is 1.50. The van der Waals surface area contributed by atoms with Gasteiger partial charge in [-0.25, -0.2) is 0 Å². The van der Waals surface area contributed by atoms with Gasteiger partial charge in [0.15, 0.2) is 0 Å².